The first-order chi connectivity index (χ1) is 14.5. The van der Waals surface area contributed by atoms with E-state index in [-0.39, 0.29) is 0 Å². The highest BCUT2D eigenvalue weighted by atomic mass is 79.9. The second-order valence-corrected chi connectivity index (χ2v) is 8.47. The molecular formula is C27H28BrNO. The van der Waals surface area contributed by atoms with Crippen molar-refractivity contribution >= 4 is 38.6 Å². The second-order valence-electron chi connectivity index (χ2n) is 7.21. The van der Waals surface area contributed by atoms with Crippen LogP contribution in [0.1, 0.15) is 31.4 Å². The van der Waals surface area contributed by atoms with Crippen LogP contribution in [0.3, 0.4) is 0 Å². The van der Waals surface area contributed by atoms with Gasteiger partial charge in [0.05, 0.1) is 7.11 Å². The Labute approximate surface area is 188 Å². The molecule has 0 atom stereocenters. The van der Waals surface area contributed by atoms with E-state index in [0.717, 1.165) is 33.7 Å². The van der Waals surface area contributed by atoms with Gasteiger partial charge in [-0.2, -0.15) is 0 Å². The quantitative estimate of drug-likeness (QED) is 0.326. The van der Waals surface area contributed by atoms with E-state index in [4.69, 9.17) is 4.74 Å². The summed E-state index contributed by atoms with van der Waals surface area (Å²) in [6.07, 6.45) is 5.26. The number of hydrogen-bond donors (Lipinski definition) is 0. The first-order valence-electron chi connectivity index (χ1n) is 10.2. The van der Waals surface area contributed by atoms with Crippen molar-refractivity contribution in [1.29, 1.82) is 0 Å². The van der Waals surface area contributed by atoms with Gasteiger partial charge in [-0.15, -0.1) is 0 Å². The lowest BCUT2D eigenvalue weighted by Gasteiger charge is -2.26. The monoisotopic (exact) mass is 461 g/mol. The molecule has 3 rings (SSSR count). The normalized spacial score (nSPS) is 12.0. The van der Waals surface area contributed by atoms with Crippen LogP contribution < -0.4 is 9.64 Å². The Morgan fingerprint density at radius 3 is 1.80 bits per heavy atom. The average molecular weight is 462 g/mol. The van der Waals surface area contributed by atoms with Gasteiger partial charge in [-0.3, -0.25) is 0 Å². The number of ether oxygens (including phenoxy) is 1. The summed E-state index contributed by atoms with van der Waals surface area (Å²) in [5.74, 6) is 0.853. The molecule has 0 bridgehead atoms. The number of anilines is 3. The standard InChI is InChI=1S/C27H28BrNO/c1-5-22(9-8-21(3)28)23-10-14-25(15-11-23)29(24-12-6-20(2)7-13-24)26-16-18-27(30-4)19-17-26/h6-19H,5H2,1-4H3/b21-8+,22-9+. The van der Waals surface area contributed by atoms with Crippen molar-refractivity contribution in [1.82, 2.24) is 0 Å². The lowest BCUT2D eigenvalue weighted by atomic mass is 10.0. The molecular weight excluding hydrogens is 434 g/mol. The van der Waals surface area contributed by atoms with Gasteiger partial charge in [0, 0.05) is 17.1 Å². The van der Waals surface area contributed by atoms with E-state index >= 15 is 0 Å². The Morgan fingerprint density at radius 2 is 1.33 bits per heavy atom. The van der Waals surface area contributed by atoms with Crippen LogP contribution in [0.5, 0.6) is 5.75 Å². The van der Waals surface area contributed by atoms with Crippen LogP contribution in [0.4, 0.5) is 17.1 Å². The van der Waals surface area contributed by atoms with Gasteiger partial charge in [0.2, 0.25) is 0 Å². The van der Waals surface area contributed by atoms with E-state index in [0.29, 0.717) is 0 Å². The molecule has 0 saturated carbocycles. The summed E-state index contributed by atoms with van der Waals surface area (Å²) in [5, 5.41) is 0. The van der Waals surface area contributed by atoms with Gasteiger partial charge in [0.15, 0.2) is 0 Å². The highest BCUT2D eigenvalue weighted by Crippen LogP contribution is 2.36. The van der Waals surface area contributed by atoms with E-state index < -0.39 is 0 Å². The van der Waals surface area contributed by atoms with Gasteiger partial charge < -0.3 is 9.64 Å². The van der Waals surface area contributed by atoms with Gasteiger partial charge >= 0.3 is 0 Å². The average Bonchev–Trinajstić information content (AvgIpc) is 2.77. The number of allylic oxidation sites excluding steroid dienone is 4. The van der Waals surface area contributed by atoms with Crippen LogP contribution in [0, 0.1) is 6.92 Å². The van der Waals surface area contributed by atoms with E-state index in [2.05, 4.69) is 107 Å². The molecule has 30 heavy (non-hydrogen) atoms. The Morgan fingerprint density at radius 1 is 0.833 bits per heavy atom. The van der Waals surface area contributed by atoms with Crippen LogP contribution in [-0.2, 0) is 0 Å². The van der Waals surface area contributed by atoms with Crippen molar-refractivity contribution in [3.8, 4) is 5.75 Å². The number of nitrogens with zero attached hydrogens (tertiary/aromatic N) is 1. The minimum Gasteiger partial charge on any atom is -0.497 e. The first kappa shape index (κ1) is 21.9. The summed E-state index contributed by atoms with van der Waals surface area (Å²) in [4.78, 5) is 2.26. The van der Waals surface area contributed by atoms with Crippen molar-refractivity contribution in [2.75, 3.05) is 12.0 Å². The zero-order chi connectivity index (χ0) is 21.5. The van der Waals surface area contributed by atoms with Gasteiger partial charge in [0.1, 0.15) is 5.75 Å². The summed E-state index contributed by atoms with van der Waals surface area (Å²) < 4.78 is 6.46. The van der Waals surface area contributed by atoms with Crippen LogP contribution >= 0.6 is 15.9 Å². The van der Waals surface area contributed by atoms with Crippen molar-refractivity contribution in [3.63, 3.8) is 0 Å². The molecule has 0 amide bonds. The van der Waals surface area contributed by atoms with Crippen LogP contribution in [0.2, 0.25) is 0 Å². The molecule has 0 aromatic heterocycles. The Hall–Kier alpha value is -2.78. The van der Waals surface area contributed by atoms with Crippen molar-refractivity contribution in [3.05, 3.63) is 101 Å². The number of benzene rings is 3. The van der Waals surface area contributed by atoms with Gasteiger partial charge in [-0.1, -0.05) is 64.8 Å². The van der Waals surface area contributed by atoms with E-state index in [1.54, 1.807) is 7.11 Å². The van der Waals surface area contributed by atoms with Crippen molar-refractivity contribution in [2.24, 2.45) is 0 Å². The maximum absolute atomic E-state index is 5.34. The Bertz CT molecular complexity index is 1010. The molecule has 3 aromatic rings. The molecule has 0 spiro atoms. The van der Waals surface area contributed by atoms with Crippen LogP contribution in [-0.4, -0.2) is 7.11 Å². The Balaban J connectivity index is 2.02. The summed E-state index contributed by atoms with van der Waals surface area (Å²) in [6, 6.07) is 25.6. The molecule has 0 aliphatic rings. The minimum absolute atomic E-state index is 0.853. The second kappa shape index (κ2) is 10.3. The number of methoxy groups -OCH3 is 1. The molecule has 0 unspecified atom stereocenters. The third-order valence-corrected chi connectivity index (χ3v) is 5.28. The van der Waals surface area contributed by atoms with Gasteiger partial charge in [-0.25, -0.2) is 0 Å². The number of halogens is 1. The zero-order valence-electron chi connectivity index (χ0n) is 18.0. The predicted molar refractivity (Wildman–Crippen MR) is 133 cm³/mol. The fourth-order valence-electron chi connectivity index (χ4n) is 3.33. The summed E-state index contributed by atoms with van der Waals surface area (Å²) in [7, 11) is 1.69. The van der Waals surface area contributed by atoms with E-state index in [1.807, 2.05) is 19.1 Å². The maximum Gasteiger partial charge on any atom is 0.119 e. The molecule has 0 aliphatic heterocycles. The summed E-state index contributed by atoms with van der Waals surface area (Å²) in [5.41, 5.74) is 7.14. The molecule has 0 aliphatic carbocycles. The van der Waals surface area contributed by atoms with Crippen LogP contribution in [0.25, 0.3) is 5.57 Å². The maximum atomic E-state index is 5.34. The number of hydrogen-bond acceptors (Lipinski definition) is 2. The largest absolute Gasteiger partial charge is 0.497 e. The lowest BCUT2D eigenvalue weighted by Crippen LogP contribution is -2.10. The summed E-state index contributed by atoms with van der Waals surface area (Å²) in [6.45, 7) is 6.34. The van der Waals surface area contributed by atoms with Crippen LogP contribution in [0.15, 0.2) is 89.4 Å². The van der Waals surface area contributed by atoms with E-state index in [1.165, 1.54) is 16.7 Å². The smallest absolute Gasteiger partial charge is 0.119 e. The number of rotatable bonds is 7. The molecule has 3 aromatic carbocycles. The molecule has 154 valence electrons. The molecule has 0 fully saturated rings. The zero-order valence-corrected chi connectivity index (χ0v) is 19.6. The third kappa shape index (κ3) is 5.43. The summed E-state index contributed by atoms with van der Waals surface area (Å²) >= 11 is 3.50. The van der Waals surface area contributed by atoms with Crippen molar-refractivity contribution in [2.45, 2.75) is 27.2 Å². The van der Waals surface area contributed by atoms with E-state index in [9.17, 15) is 0 Å². The molecule has 0 heterocycles. The van der Waals surface area contributed by atoms with Gasteiger partial charge in [0.25, 0.3) is 0 Å². The van der Waals surface area contributed by atoms with Gasteiger partial charge in [-0.05, 0) is 84.4 Å². The minimum atomic E-state index is 0.853. The Kier molecular flexibility index (Phi) is 7.53. The molecule has 0 N–H and O–H groups in total. The first-order valence-corrected chi connectivity index (χ1v) is 11.0. The topological polar surface area (TPSA) is 12.5 Å². The highest BCUT2D eigenvalue weighted by Gasteiger charge is 2.13. The molecule has 2 nitrogen and oxygen atoms in total. The van der Waals surface area contributed by atoms with Crippen molar-refractivity contribution < 1.29 is 4.74 Å². The fourth-order valence-corrected chi connectivity index (χ4v) is 3.46. The highest BCUT2D eigenvalue weighted by molar-refractivity contribution is 9.11. The molecule has 0 radical (unpaired) electrons. The molecule has 3 heteroatoms. The SMILES string of the molecule is CC/C(=C\C=C(/C)Br)c1ccc(N(c2ccc(C)cc2)c2ccc(OC)cc2)cc1. The number of aryl methyl sites for hydroxylation is 1. The predicted octanol–water partition coefficient (Wildman–Crippen LogP) is 8.57. The fraction of sp³-hybridized carbons (Fsp3) is 0.185. The third-order valence-electron chi connectivity index (χ3n) is 5.01. The lowest BCUT2D eigenvalue weighted by molar-refractivity contribution is 0.415. The molecule has 0 saturated heterocycles.